The molecule has 1 unspecified atom stereocenters. The van der Waals surface area contributed by atoms with Crippen molar-refractivity contribution >= 4 is 5.97 Å². The van der Waals surface area contributed by atoms with Crippen molar-refractivity contribution in [2.45, 2.75) is 26.2 Å². The predicted molar refractivity (Wildman–Crippen MR) is 131 cm³/mol. The lowest BCUT2D eigenvalue weighted by molar-refractivity contribution is 0.0734. The third-order valence-electron chi connectivity index (χ3n) is 5.47. The van der Waals surface area contributed by atoms with Gasteiger partial charge in [-0.2, -0.15) is 5.26 Å². The minimum atomic E-state index is -0.525. The van der Waals surface area contributed by atoms with E-state index in [0.29, 0.717) is 41.6 Å². The number of benzene rings is 3. The van der Waals surface area contributed by atoms with Crippen molar-refractivity contribution in [3.8, 4) is 29.1 Å². The number of hydrogen-bond donors (Lipinski definition) is 1. The van der Waals surface area contributed by atoms with Gasteiger partial charge in [-0.05, 0) is 55.3 Å². The van der Waals surface area contributed by atoms with Crippen molar-refractivity contribution in [2.24, 2.45) is 5.73 Å². The van der Waals surface area contributed by atoms with Gasteiger partial charge in [0.05, 0.1) is 24.7 Å². The fourth-order valence-electron chi connectivity index (χ4n) is 3.86. The van der Waals surface area contributed by atoms with E-state index in [1.54, 1.807) is 42.5 Å². The van der Waals surface area contributed by atoms with Crippen molar-refractivity contribution in [1.29, 1.82) is 5.26 Å². The van der Waals surface area contributed by atoms with Crippen LogP contribution in [0.4, 0.5) is 0 Å². The summed E-state index contributed by atoms with van der Waals surface area (Å²) in [6.07, 6.45) is 0.914. The summed E-state index contributed by atoms with van der Waals surface area (Å²) >= 11 is 0. The maximum absolute atomic E-state index is 12.7. The summed E-state index contributed by atoms with van der Waals surface area (Å²) in [4.78, 5) is 12.7. The van der Waals surface area contributed by atoms with E-state index in [2.05, 4.69) is 6.07 Å². The van der Waals surface area contributed by atoms with E-state index < -0.39 is 11.9 Å². The molecule has 0 aliphatic carbocycles. The van der Waals surface area contributed by atoms with Crippen LogP contribution in [-0.2, 0) is 0 Å². The number of fused-ring (bicyclic) bond motifs is 1. The van der Waals surface area contributed by atoms with Gasteiger partial charge in [-0.3, -0.25) is 0 Å². The Kier molecular flexibility index (Phi) is 7.22. The molecule has 7 heteroatoms. The fraction of sp³-hybridized carbons (Fsp3) is 0.214. The maximum Gasteiger partial charge on any atom is 0.343 e. The molecule has 0 bridgehead atoms. The molecule has 1 aliphatic heterocycles. The van der Waals surface area contributed by atoms with Crippen LogP contribution < -0.4 is 24.7 Å². The van der Waals surface area contributed by atoms with E-state index in [9.17, 15) is 10.1 Å². The minimum Gasteiger partial charge on any atom is -0.494 e. The number of carbonyl (C=O) groups excluding carboxylic acids is 1. The third-order valence-corrected chi connectivity index (χ3v) is 5.47. The highest BCUT2D eigenvalue weighted by Gasteiger charge is 2.31. The fourth-order valence-corrected chi connectivity index (χ4v) is 3.86. The van der Waals surface area contributed by atoms with Crippen LogP contribution in [-0.4, -0.2) is 19.2 Å². The van der Waals surface area contributed by atoms with E-state index in [1.165, 1.54) is 0 Å². The largest absolute Gasteiger partial charge is 0.494 e. The summed E-state index contributed by atoms with van der Waals surface area (Å²) in [5.41, 5.74) is 8.40. The Labute approximate surface area is 204 Å². The quantitative estimate of drug-likeness (QED) is 0.351. The molecular weight excluding hydrogens is 444 g/mol. The van der Waals surface area contributed by atoms with Crippen LogP contribution in [0.1, 0.15) is 47.7 Å². The summed E-state index contributed by atoms with van der Waals surface area (Å²) in [6, 6.07) is 21.6. The molecule has 0 saturated heterocycles. The Morgan fingerprint density at radius 1 is 1.00 bits per heavy atom. The van der Waals surface area contributed by atoms with Gasteiger partial charge < -0.3 is 24.7 Å². The first-order valence-corrected chi connectivity index (χ1v) is 11.4. The second-order valence-electron chi connectivity index (χ2n) is 7.89. The molecule has 0 fully saturated rings. The summed E-state index contributed by atoms with van der Waals surface area (Å²) in [5.74, 6) is 1.14. The van der Waals surface area contributed by atoms with Crippen LogP contribution in [0.25, 0.3) is 0 Å². The van der Waals surface area contributed by atoms with Gasteiger partial charge in [0.15, 0.2) is 0 Å². The average Bonchev–Trinajstić information content (AvgIpc) is 2.87. The highest BCUT2D eigenvalue weighted by Crippen LogP contribution is 2.43. The molecule has 3 aromatic carbocycles. The van der Waals surface area contributed by atoms with Crippen molar-refractivity contribution in [1.82, 2.24) is 0 Å². The highest BCUT2D eigenvalue weighted by molar-refractivity contribution is 5.91. The van der Waals surface area contributed by atoms with Crippen LogP contribution >= 0.6 is 0 Å². The Bertz CT molecular complexity index is 1290. The molecule has 0 amide bonds. The highest BCUT2D eigenvalue weighted by atomic mass is 16.5. The number of esters is 1. The molecule has 0 saturated carbocycles. The molecule has 0 radical (unpaired) electrons. The van der Waals surface area contributed by atoms with Gasteiger partial charge in [-0.15, -0.1) is 0 Å². The van der Waals surface area contributed by atoms with Crippen molar-refractivity contribution in [3.63, 3.8) is 0 Å². The second-order valence-corrected chi connectivity index (χ2v) is 7.89. The van der Waals surface area contributed by atoms with Crippen molar-refractivity contribution < 1.29 is 23.7 Å². The number of allylic oxidation sites excluding steroid dienone is 1. The molecule has 1 aliphatic rings. The normalized spacial score (nSPS) is 14.4. The van der Waals surface area contributed by atoms with Crippen molar-refractivity contribution in [3.05, 3.63) is 94.9 Å². The number of nitrogens with zero attached hydrogens (tertiary/aromatic N) is 1. The summed E-state index contributed by atoms with van der Waals surface area (Å²) in [7, 11) is 0. The first-order valence-electron chi connectivity index (χ1n) is 11.4. The van der Waals surface area contributed by atoms with Gasteiger partial charge >= 0.3 is 5.97 Å². The minimum absolute atomic E-state index is 0.0178. The Morgan fingerprint density at radius 2 is 1.77 bits per heavy atom. The number of rotatable bonds is 8. The number of ether oxygens (including phenoxy) is 4. The lowest BCUT2D eigenvalue weighted by Crippen LogP contribution is -2.21. The van der Waals surface area contributed by atoms with E-state index in [4.69, 9.17) is 24.7 Å². The maximum atomic E-state index is 12.7. The van der Waals surface area contributed by atoms with Crippen LogP contribution in [0, 0.1) is 11.3 Å². The molecule has 0 spiro atoms. The smallest absolute Gasteiger partial charge is 0.343 e. The molecular formula is C28H26N2O5. The second kappa shape index (κ2) is 10.7. The molecule has 0 aromatic heterocycles. The van der Waals surface area contributed by atoms with E-state index in [-0.39, 0.29) is 5.88 Å². The van der Waals surface area contributed by atoms with Crippen LogP contribution in [0.3, 0.4) is 0 Å². The molecule has 3 aromatic rings. The zero-order valence-corrected chi connectivity index (χ0v) is 19.6. The predicted octanol–water partition coefficient (Wildman–Crippen LogP) is 5.31. The lowest BCUT2D eigenvalue weighted by atomic mass is 9.83. The van der Waals surface area contributed by atoms with Crippen LogP contribution in [0.5, 0.6) is 23.0 Å². The zero-order chi connectivity index (χ0) is 24.8. The Balaban J connectivity index is 1.61. The standard InChI is InChI=1S/C28H26N2O5/c1-3-14-33-20-10-8-18(9-11-20)26-23-13-12-22(16-25(23)35-27(30)24(26)17-29)34-28(31)19-6-5-7-21(15-19)32-4-2/h5-13,15-16,26H,3-4,14,30H2,1-2H3. The SMILES string of the molecule is CCCOc1ccc(C2C(C#N)=C(N)Oc3cc(OC(=O)c4cccc(OCC)c4)ccc32)cc1. The summed E-state index contributed by atoms with van der Waals surface area (Å²) in [6.45, 7) is 5.05. The summed E-state index contributed by atoms with van der Waals surface area (Å²) < 4.78 is 22.4. The van der Waals surface area contributed by atoms with E-state index in [0.717, 1.165) is 23.3 Å². The Hall–Kier alpha value is -4.44. The topological polar surface area (TPSA) is 104 Å². The van der Waals surface area contributed by atoms with Gasteiger partial charge in [0.25, 0.3) is 0 Å². The van der Waals surface area contributed by atoms with Crippen molar-refractivity contribution in [2.75, 3.05) is 13.2 Å². The molecule has 35 heavy (non-hydrogen) atoms. The van der Waals surface area contributed by atoms with E-state index >= 15 is 0 Å². The first-order chi connectivity index (χ1) is 17.0. The number of carbonyl (C=O) groups is 1. The number of nitrogens with two attached hydrogens (primary N) is 1. The van der Waals surface area contributed by atoms with Gasteiger partial charge in [0.2, 0.25) is 5.88 Å². The zero-order valence-electron chi connectivity index (χ0n) is 19.6. The molecule has 7 nitrogen and oxygen atoms in total. The third kappa shape index (κ3) is 5.22. The average molecular weight is 471 g/mol. The van der Waals surface area contributed by atoms with Gasteiger partial charge in [-0.1, -0.05) is 31.2 Å². The monoisotopic (exact) mass is 470 g/mol. The molecule has 178 valence electrons. The Morgan fingerprint density at radius 3 is 2.49 bits per heavy atom. The van der Waals surface area contributed by atoms with Gasteiger partial charge in [0, 0.05) is 11.6 Å². The van der Waals surface area contributed by atoms with E-state index in [1.807, 2.05) is 38.1 Å². The van der Waals surface area contributed by atoms with Crippen LogP contribution in [0.2, 0.25) is 0 Å². The molecule has 4 rings (SSSR count). The van der Waals surface area contributed by atoms with Gasteiger partial charge in [0.1, 0.15) is 34.6 Å². The molecule has 1 heterocycles. The van der Waals surface area contributed by atoms with Crippen LogP contribution in [0.15, 0.2) is 78.2 Å². The summed E-state index contributed by atoms with van der Waals surface area (Å²) in [5, 5.41) is 9.78. The lowest BCUT2D eigenvalue weighted by Gasteiger charge is -2.26. The molecule has 2 N–H and O–H groups in total. The number of hydrogen-bond acceptors (Lipinski definition) is 7. The molecule has 1 atom stereocenters. The first kappa shape index (κ1) is 23.7. The van der Waals surface area contributed by atoms with Gasteiger partial charge in [-0.25, -0.2) is 4.79 Å². The number of nitriles is 1.